The summed E-state index contributed by atoms with van der Waals surface area (Å²) in [6.45, 7) is 2.40. The third kappa shape index (κ3) is 3.40. The van der Waals surface area contributed by atoms with Crippen molar-refractivity contribution >= 4 is 0 Å². The molecule has 1 aliphatic heterocycles. The topological polar surface area (TPSA) is 49.5 Å². The summed E-state index contributed by atoms with van der Waals surface area (Å²) in [5, 5.41) is 13.7. The standard InChI is InChI=1S/C16H17F3N2O2/c1-10-6-12(23-20-10)9-21-8-11(22)7-15(21)13-4-2-3-5-14(13)16(17,18)19/h2-6,11,15,22H,7-9H2,1H3. The molecule has 0 bridgehead atoms. The minimum Gasteiger partial charge on any atom is -0.392 e. The second-order valence-electron chi connectivity index (χ2n) is 5.85. The van der Waals surface area contributed by atoms with Gasteiger partial charge in [0.25, 0.3) is 0 Å². The summed E-state index contributed by atoms with van der Waals surface area (Å²) in [5.41, 5.74) is 0.248. The number of nitrogens with zero attached hydrogens (tertiary/aromatic N) is 2. The number of hydrogen-bond acceptors (Lipinski definition) is 4. The van der Waals surface area contributed by atoms with Crippen molar-refractivity contribution in [2.24, 2.45) is 0 Å². The number of β-amino-alcohol motifs (C(OH)–C–C–N with tert-alkyl or cyclic N) is 1. The Hall–Kier alpha value is -1.86. The van der Waals surface area contributed by atoms with Crippen molar-refractivity contribution in [3.63, 3.8) is 0 Å². The normalized spacial score (nSPS) is 22.7. The summed E-state index contributed by atoms with van der Waals surface area (Å²) in [6.07, 6.45) is -4.82. The Bertz CT molecular complexity index is 684. The van der Waals surface area contributed by atoms with E-state index in [1.165, 1.54) is 12.1 Å². The summed E-state index contributed by atoms with van der Waals surface area (Å²) in [5.74, 6) is 0.575. The van der Waals surface area contributed by atoms with E-state index in [9.17, 15) is 18.3 Å². The smallest absolute Gasteiger partial charge is 0.392 e. The average molecular weight is 326 g/mol. The van der Waals surface area contributed by atoms with Crippen LogP contribution in [-0.4, -0.2) is 27.8 Å². The number of likely N-dealkylation sites (tertiary alicyclic amines) is 1. The number of benzene rings is 1. The highest BCUT2D eigenvalue weighted by atomic mass is 19.4. The zero-order valence-corrected chi connectivity index (χ0v) is 12.5. The van der Waals surface area contributed by atoms with Crippen LogP contribution in [0, 0.1) is 6.92 Å². The Kier molecular flexibility index (Phi) is 4.16. The molecule has 2 aromatic rings. The van der Waals surface area contributed by atoms with Crippen molar-refractivity contribution in [2.45, 2.75) is 38.2 Å². The number of rotatable bonds is 3. The first-order valence-electron chi connectivity index (χ1n) is 7.35. The SMILES string of the molecule is Cc1cc(CN2CC(O)CC2c2ccccc2C(F)(F)F)on1. The van der Waals surface area contributed by atoms with Gasteiger partial charge in [0.2, 0.25) is 0 Å². The molecule has 1 aromatic carbocycles. The van der Waals surface area contributed by atoms with Crippen LogP contribution in [0.5, 0.6) is 0 Å². The van der Waals surface area contributed by atoms with E-state index >= 15 is 0 Å². The van der Waals surface area contributed by atoms with Crippen LogP contribution in [-0.2, 0) is 12.7 Å². The van der Waals surface area contributed by atoms with Gasteiger partial charge in [-0.1, -0.05) is 23.4 Å². The zero-order chi connectivity index (χ0) is 16.6. The van der Waals surface area contributed by atoms with Crippen LogP contribution in [0.4, 0.5) is 13.2 Å². The first kappa shape index (κ1) is 16.0. The second kappa shape index (κ2) is 5.98. The molecule has 0 radical (unpaired) electrons. The highest BCUT2D eigenvalue weighted by Gasteiger charge is 2.39. The lowest BCUT2D eigenvalue weighted by Gasteiger charge is -2.25. The molecule has 0 amide bonds. The maximum absolute atomic E-state index is 13.2. The molecule has 3 rings (SSSR count). The quantitative estimate of drug-likeness (QED) is 0.940. The molecule has 7 heteroatoms. The van der Waals surface area contributed by atoms with Crippen molar-refractivity contribution in [3.8, 4) is 0 Å². The van der Waals surface area contributed by atoms with E-state index < -0.39 is 23.9 Å². The monoisotopic (exact) mass is 326 g/mol. The van der Waals surface area contributed by atoms with Crippen molar-refractivity contribution in [2.75, 3.05) is 6.54 Å². The number of aliphatic hydroxyl groups is 1. The lowest BCUT2D eigenvalue weighted by molar-refractivity contribution is -0.138. The molecular formula is C16H17F3N2O2. The van der Waals surface area contributed by atoms with E-state index in [2.05, 4.69) is 5.16 Å². The highest BCUT2D eigenvalue weighted by molar-refractivity contribution is 5.33. The molecule has 1 fully saturated rings. The van der Waals surface area contributed by atoms with Gasteiger partial charge in [0, 0.05) is 18.7 Å². The largest absolute Gasteiger partial charge is 0.416 e. The summed E-state index contributed by atoms with van der Waals surface area (Å²) >= 11 is 0. The molecule has 1 N–H and O–H groups in total. The van der Waals surface area contributed by atoms with E-state index in [-0.39, 0.29) is 12.0 Å². The van der Waals surface area contributed by atoms with Crippen molar-refractivity contribution < 1.29 is 22.8 Å². The third-order valence-corrected chi connectivity index (χ3v) is 4.04. The van der Waals surface area contributed by atoms with E-state index in [1.807, 2.05) is 0 Å². The van der Waals surface area contributed by atoms with Gasteiger partial charge in [-0.3, -0.25) is 4.90 Å². The summed E-state index contributed by atoms with van der Waals surface area (Å²) in [4.78, 5) is 1.80. The lowest BCUT2D eigenvalue weighted by atomic mass is 9.97. The van der Waals surface area contributed by atoms with Crippen LogP contribution >= 0.6 is 0 Å². The van der Waals surface area contributed by atoms with Crippen LogP contribution in [0.3, 0.4) is 0 Å². The Balaban J connectivity index is 1.91. The molecule has 2 unspecified atom stereocenters. The van der Waals surface area contributed by atoms with Crippen LogP contribution in [0.25, 0.3) is 0 Å². The molecule has 2 heterocycles. The van der Waals surface area contributed by atoms with E-state index in [0.29, 0.717) is 24.5 Å². The van der Waals surface area contributed by atoms with Crippen molar-refractivity contribution in [3.05, 3.63) is 52.9 Å². The van der Waals surface area contributed by atoms with Gasteiger partial charge in [-0.25, -0.2) is 0 Å². The van der Waals surface area contributed by atoms with Crippen LogP contribution in [0.15, 0.2) is 34.9 Å². The van der Waals surface area contributed by atoms with E-state index in [1.54, 1.807) is 24.0 Å². The maximum atomic E-state index is 13.2. The fourth-order valence-corrected chi connectivity index (χ4v) is 3.11. The highest BCUT2D eigenvalue weighted by Crippen LogP contribution is 2.40. The molecule has 23 heavy (non-hydrogen) atoms. The van der Waals surface area contributed by atoms with Gasteiger partial charge in [-0.2, -0.15) is 13.2 Å². The molecule has 1 aliphatic rings. The fraction of sp³-hybridized carbons (Fsp3) is 0.438. The zero-order valence-electron chi connectivity index (χ0n) is 12.5. The Morgan fingerprint density at radius 1 is 1.35 bits per heavy atom. The third-order valence-electron chi connectivity index (χ3n) is 4.04. The van der Waals surface area contributed by atoms with E-state index in [0.717, 1.165) is 6.07 Å². The average Bonchev–Trinajstić information content (AvgIpc) is 3.04. The minimum atomic E-state index is -4.42. The number of hydrogen-bond donors (Lipinski definition) is 1. The molecule has 124 valence electrons. The van der Waals surface area contributed by atoms with Gasteiger partial charge in [0.05, 0.1) is 23.9 Å². The Morgan fingerprint density at radius 3 is 2.74 bits per heavy atom. The van der Waals surface area contributed by atoms with Crippen molar-refractivity contribution in [1.29, 1.82) is 0 Å². The van der Waals surface area contributed by atoms with Gasteiger partial charge in [-0.15, -0.1) is 0 Å². The number of aromatic nitrogens is 1. The number of aliphatic hydroxyl groups excluding tert-OH is 1. The minimum absolute atomic E-state index is 0.188. The van der Waals surface area contributed by atoms with E-state index in [4.69, 9.17) is 4.52 Å². The molecule has 4 nitrogen and oxygen atoms in total. The van der Waals surface area contributed by atoms with Gasteiger partial charge in [0.1, 0.15) is 0 Å². The fourth-order valence-electron chi connectivity index (χ4n) is 3.11. The summed E-state index contributed by atoms with van der Waals surface area (Å²) in [7, 11) is 0. The Labute approximate surface area is 131 Å². The number of alkyl halides is 3. The predicted octanol–water partition coefficient (Wildman–Crippen LogP) is 3.31. The summed E-state index contributed by atoms with van der Waals surface area (Å²) in [6, 6.07) is 6.76. The molecule has 0 spiro atoms. The van der Waals surface area contributed by atoms with Crippen molar-refractivity contribution in [1.82, 2.24) is 10.1 Å². The Morgan fingerprint density at radius 2 is 2.09 bits per heavy atom. The van der Waals surface area contributed by atoms with Gasteiger partial charge in [0.15, 0.2) is 5.76 Å². The maximum Gasteiger partial charge on any atom is 0.416 e. The molecule has 1 saturated heterocycles. The molecular weight excluding hydrogens is 309 g/mol. The first-order chi connectivity index (χ1) is 10.8. The van der Waals surface area contributed by atoms with Crippen LogP contribution in [0.2, 0.25) is 0 Å². The lowest BCUT2D eigenvalue weighted by Crippen LogP contribution is -2.25. The van der Waals surface area contributed by atoms with Crippen LogP contribution in [0.1, 0.15) is 35.0 Å². The number of halogens is 3. The van der Waals surface area contributed by atoms with Gasteiger partial charge in [-0.05, 0) is 25.0 Å². The second-order valence-corrected chi connectivity index (χ2v) is 5.85. The molecule has 1 aromatic heterocycles. The molecule has 0 saturated carbocycles. The van der Waals surface area contributed by atoms with Gasteiger partial charge < -0.3 is 9.63 Å². The number of aryl methyl sites for hydroxylation is 1. The van der Waals surface area contributed by atoms with Gasteiger partial charge >= 0.3 is 6.18 Å². The molecule has 0 aliphatic carbocycles. The van der Waals surface area contributed by atoms with Crippen LogP contribution < -0.4 is 0 Å². The molecule has 2 atom stereocenters. The predicted molar refractivity (Wildman–Crippen MR) is 76.5 cm³/mol. The first-order valence-corrected chi connectivity index (χ1v) is 7.35. The summed E-state index contributed by atoms with van der Waals surface area (Å²) < 4.78 is 44.9.